The first-order chi connectivity index (χ1) is 23.7. The Labute approximate surface area is 298 Å². The number of allylic oxidation sites excluding steroid dienone is 6. The molecule has 1 unspecified atom stereocenters. The minimum absolute atomic E-state index is 0.125. The lowest BCUT2D eigenvalue weighted by Gasteiger charge is -2.15. The summed E-state index contributed by atoms with van der Waals surface area (Å²) in [6.07, 6.45) is 50.3. The molecule has 0 radical (unpaired) electrons. The van der Waals surface area contributed by atoms with E-state index in [0.717, 1.165) is 89.8 Å². The van der Waals surface area contributed by atoms with Gasteiger partial charge in [0.25, 0.3) is 0 Å². The van der Waals surface area contributed by atoms with Gasteiger partial charge < -0.3 is 9.53 Å². The number of hydrogen-bond acceptors (Lipinski definition) is 4. The van der Waals surface area contributed by atoms with Gasteiger partial charge in [-0.2, -0.15) is 0 Å². The Kier molecular flexibility index (Phi) is 37.8. The van der Waals surface area contributed by atoms with E-state index in [0.29, 0.717) is 6.42 Å². The largest absolute Gasteiger partial charge is 0.393 e. The van der Waals surface area contributed by atoms with Crippen LogP contribution in [0.1, 0.15) is 219 Å². The Morgan fingerprint density at radius 2 is 0.896 bits per heavy atom. The van der Waals surface area contributed by atoms with Gasteiger partial charge in [0.05, 0.1) is 5.92 Å². The van der Waals surface area contributed by atoms with Crippen LogP contribution in [0.4, 0.5) is 0 Å². The SMILES string of the molecule is CCC=CCC=CCC=CCCCCCCCC(=O)OC(=O)C(CCCCCCCC)CCCCCCCCCCCCCCCC=O. The zero-order valence-electron chi connectivity index (χ0n) is 31.9. The number of esters is 2. The lowest BCUT2D eigenvalue weighted by atomic mass is 9.94. The van der Waals surface area contributed by atoms with Crippen LogP contribution in [0.3, 0.4) is 0 Å². The number of hydrogen-bond donors (Lipinski definition) is 0. The molecule has 0 spiro atoms. The van der Waals surface area contributed by atoms with E-state index >= 15 is 0 Å². The third-order valence-corrected chi connectivity index (χ3v) is 9.36. The second kappa shape index (κ2) is 39.5. The highest BCUT2D eigenvalue weighted by atomic mass is 16.6. The highest BCUT2D eigenvalue weighted by Crippen LogP contribution is 2.22. The molecule has 0 aliphatic heterocycles. The van der Waals surface area contributed by atoms with Gasteiger partial charge in [-0.25, -0.2) is 0 Å². The molecular formula is C44H78O4. The lowest BCUT2D eigenvalue weighted by molar-refractivity contribution is -0.163. The smallest absolute Gasteiger partial charge is 0.316 e. The van der Waals surface area contributed by atoms with Gasteiger partial charge in [-0.3, -0.25) is 9.59 Å². The average molecular weight is 671 g/mol. The van der Waals surface area contributed by atoms with Crippen molar-refractivity contribution in [3.05, 3.63) is 36.5 Å². The predicted octanol–water partition coefficient (Wildman–Crippen LogP) is 14.1. The fraction of sp³-hybridized carbons (Fsp3) is 0.795. The average Bonchev–Trinajstić information content (AvgIpc) is 3.08. The third-order valence-electron chi connectivity index (χ3n) is 9.36. The van der Waals surface area contributed by atoms with E-state index < -0.39 is 0 Å². The van der Waals surface area contributed by atoms with Gasteiger partial charge in [0.1, 0.15) is 6.29 Å². The first kappa shape index (κ1) is 46.0. The molecular weight excluding hydrogens is 592 g/mol. The summed E-state index contributed by atoms with van der Waals surface area (Å²) in [5.74, 6) is -0.719. The van der Waals surface area contributed by atoms with Crippen LogP contribution in [0, 0.1) is 5.92 Å². The molecule has 0 aliphatic rings. The van der Waals surface area contributed by atoms with Crippen molar-refractivity contribution in [1.29, 1.82) is 0 Å². The molecule has 0 aliphatic carbocycles. The maximum atomic E-state index is 13.0. The summed E-state index contributed by atoms with van der Waals surface area (Å²) in [7, 11) is 0. The summed E-state index contributed by atoms with van der Waals surface area (Å²) in [6, 6.07) is 0. The molecule has 4 nitrogen and oxygen atoms in total. The first-order valence-corrected chi connectivity index (χ1v) is 20.8. The Morgan fingerprint density at radius 1 is 0.479 bits per heavy atom. The molecule has 0 heterocycles. The van der Waals surface area contributed by atoms with Gasteiger partial charge in [-0.15, -0.1) is 0 Å². The van der Waals surface area contributed by atoms with Crippen LogP contribution in [0.15, 0.2) is 36.5 Å². The minimum atomic E-state index is -0.327. The van der Waals surface area contributed by atoms with Crippen molar-refractivity contribution in [2.24, 2.45) is 5.92 Å². The number of carbonyl (C=O) groups excluding carboxylic acids is 3. The molecule has 0 aromatic carbocycles. The zero-order chi connectivity index (χ0) is 35.0. The number of ether oxygens (including phenoxy) is 1. The maximum Gasteiger partial charge on any atom is 0.316 e. The van der Waals surface area contributed by atoms with E-state index in [2.05, 4.69) is 50.3 Å². The predicted molar refractivity (Wildman–Crippen MR) is 207 cm³/mol. The van der Waals surface area contributed by atoms with E-state index in [-0.39, 0.29) is 17.9 Å². The molecule has 0 bridgehead atoms. The summed E-state index contributed by atoms with van der Waals surface area (Å²) < 4.78 is 5.39. The van der Waals surface area contributed by atoms with Crippen LogP contribution in [0.25, 0.3) is 0 Å². The number of rotatable bonds is 37. The summed E-state index contributed by atoms with van der Waals surface area (Å²) in [6.45, 7) is 4.39. The maximum absolute atomic E-state index is 13.0. The van der Waals surface area contributed by atoms with E-state index in [4.69, 9.17) is 4.74 Å². The topological polar surface area (TPSA) is 60.4 Å². The van der Waals surface area contributed by atoms with Crippen molar-refractivity contribution < 1.29 is 19.1 Å². The highest BCUT2D eigenvalue weighted by Gasteiger charge is 2.22. The Bertz CT molecular complexity index is 796. The van der Waals surface area contributed by atoms with E-state index in [9.17, 15) is 14.4 Å². The number of aldehydes is 1. The molecule has 0 aromatic rings. The van der Waals surface area contributed by atoms with Gasteiger partial charge in [0.2, 0.25) is 0 Å². The van der Waals surface area contributed by atoms with Crippen molar-refractivity contribution in [2.75, 3.05) is 0 Å². The van der Waals surface area contributed by atoms with Gasteiger partial charge in [-0.05, 0) is 57.8 Å². The van der Waals surface area contributed by atoms with Crippen molar-refractivity contribution >= 4 is 18.2 Å². The monoisotopic (exact) mass is 671 g/mol. The van der Waals surface area contributed by atoms with Crippen LogP contribution < -0.4 is 0 Å². The molecule has 0 aromatic heterocycles. The number of carbonyl (C=O) groups is 3. The molecule has 0 rings (SSSR count). The van der Waals surface area contributed by atoms with E-state index in [1.165, 1.54) is 116 Å². The van der Waals surface area contributed by atoms with Gasteiger partial charge in [-0.1, -0.05) is 185 Å². The summed E-state index contributed by atoms with van der Waals surface area (Å²) in [5.41, 5.74) is 0. The minimum Gasteiger partial charge on any atom is -0.393 e. The van der Waals surface area contributed by atoms with Crippen molar-refractivity contribution in [3.63, 3.8) is 0 Å². The Morgan fingerprint density at radius 3 is 1.40 bits per heavy atom. The van der Waals surface area contributed by atoms with Gasteiger partial charge in [0.15, 0.2) is 0 Å². The molecule has 0 amide bonds. The van der Waals surface area contributed by atoms with Crippen LogP contribution >= 0.6 is 0 Å². The standard InChI is InChI=1S/C44H78O4/c1-3-5-7-9-11-12-13-14-15-19-22-25-28-32-36-40-43(46)48-44(47)42(38-34-30-10-8-6-4-2)39-35-31-27-24-21-18-16-17-20-23-26-29-33-37-41-45/h5,7,11-12,14-15,41-42H,3-4,6,8-10,13,16-40H2,1-2H3. The van der Waals surface area contributed by atoms with Crippen LogP contribution in [-0.4, -0.2) is 18.2 Å². The van der Waals surface area contributed by atoms with E-state index in [1.807, 2.05) is 0 Å². The van der Waals surface area contributed by atoms with E-state index in [1.54, 1.807) is 0 Å². The van der Waals surface area contributed by atoms with Crippen molar-refractivity contribution in [3.8, 4) is 0 Å². The summed E-state index contributed by atoms with van der Waals surface area (Å²) >= 11 is 0. The van der Waals surface area contributed by atoms with Gasteiger partial charge >= 0.3 is 11.9 Å². The molecule has 1 atom stereocenters. The Hall–Kier alpha value is -1.97. The number of unbranched alkanes of at least 4 members (excludes halogenated alkanes) is 23. The third kappa shape index (κ3) is 35.3. The zero-order valence-corrected chi connectivity index (χ0v) is 31.9. The van der Waals surface area contributed by atoms with Crippen molar-refractivity contribution in [2.45, 2.75) is 219 Å². The molecule has 4 heteroatoms. The normalized spacial score (nSPS) is 12.5. The molecule has 48 heavy (non-hydrogen) atoms. The second-order valence-electron chi connectivity index (χ2n) is 14.0. The lowest BCUT2D eigenvalue weighted by Crippen LogP contribution is -2.21. The van der Waals surface area contributed by atoms with Gasteiger partial charge in [0, 0.05) is 12.8 Å². The summed E-state index contributed by atoms with van der Waals surface area (Å²) in [4.78, 5) is 35.8. The quantitative estimate of drug-likeness (QED) is 0.0217. The molecule has 0 fully saturated rings. The van der Waals surface area contributed by atoms with Crippen LogP contribution in [-0.2, 0) is 19.1 Å². The second-order valence-corrected chi connectivity index (χ2v) is 14.0. The molecule has 0 saturated heterocycles. The molecule has 0 N–H and O–H groups in total. The van der Waals surface area contributed by atoms with Crippen molar-refractivity contribution in [1.82, 2.24) is 0 Å². The highest BCUT2D eigenvalue weighted by molar-refractivity contribution is 5.86. The first-order valence-electron chi connectivity index (χ1n) is 20.8. The Balaban J connectivity index is 4.08. The molecule has 278 valence electrons. The molecule has 0 saturated carbocycles. The fourth-order valence-corrected chi connectivity index (χ4v) is 6.25. The van der Waals surface area contributed by atoms with Crippen LogP contribution in [0.2, 0.25) is 0 Å². The fourth-order valence-electron chi connectivity index (χ4n) is 6.25. The summed E-state index contributed by atoms with van der Waals surface area (Å²) in [5, 5.41) is 0. The van der Waals surface area contributed by atoms with Crippen LogP contribution in [0.5, 0.6) is 0 Å².